The van der Waals surface area contributed by atoms with E-state index in [4.69, 9.17) is 4.74 Å². The summed E-state index contributed by atoms with van der Waals surface area (Å²) in [6, 6.07) is 10.2. The lowest BCUT2D eigenvalue weighted by atomic mass is 10.1. The van der Waals surface area contributed by atoms with Crippen LogP contribution >= 0.6 is 0 Å². The van der Waals surface area contributed by atoms with Crippen molar-refractivity contribution in [3.8, 4) is 0 Å². The highest BCUT2D eigenvalue weighted by Crippen LogP contribution is 2.16. The van der Waals surface area contributed by atoms with Gasteiger partial charge in [-0.15, -0.1) is 0 Å². The summed E-state index contributed by atoms with van der Waals surface area (Å²) in [6.07, 6.45) is 3.82. The van der Waals surface area contributed by atoms with E-state index in [-0.39, 0.29) is 11.9 Å². The van der Waals surface area contributed by atoms with E-state index in [1.165, 1.54) is 6.20 Å². The molecule has 1 atom stereocenters. The number of aromatic nitrogens is 2. The number of ether oxygens (including phenoxy) is 1. The van der Waals surface area contributed by atoms with Gasteiger partial charge in [0.15, 0.2) is 0 Å². The predicted octanol–water partition coefficient (Wildman–Crippen LogP) is 2.42. The zero-order valence-electron chi connectivity index (χ0n) is 13.5. The Labute approximate surface area is 136 Å². The molecular weight excluding hydrogens is 292 g/mol. The van der Waals surface area contributed by atoms with Gasteiger partial charge in [-0.2, -0.15) is 0 Å². The van der Waals surface area contributed by atoms with Gasteiger partial charge >= 0.3 is 0 Å². The Morgan fingerprint density at radius 2 is 2.00 bits per heavy atom. The van der Waals surface area contributed by atoms with Gasteiger partial charge < -0.3 is 15.4 Å². The zero-order chi connectivity index (χ0) is 16.5. The number of carbonyl (C=O) groups is 1. The Hall–Kier alpha value is -2.47. The maximum atomic E-state index is 11.9. The second kappa shape index (κ2) is 8.85. The molecule has 2 N–H and O–H groups in total. The van der Waals surface area contributed by atoms with Crippen LogP contribution in [0, 0.1) is 0 Å². The Bertz CT molecular complexity index is 602. The summed E-state index contributed by atoms with van der Waals surface area (Å²) in [5.41, 5.74) is 1.47. The molecule has 0 spiro atoms. The first kappa shape index (κ1) is 16.9. The fourth-order valence-corrected chi connectivity index (χ4v) is 2.08. The summed E-state index contributed by atoms with van der Waals surface area (Å²) in [5.74, 6) is 0.411. The number of amides is 1. The van der Waals surface area contributed by atoms with E-state index in [1.807, 2.05) is 37.3 Å². The highest BCUT2D eigenvalue weighted by atomic mass is 16.5. The summed E-state index contributed by atoms with van der Waals surface area (Å²) in [5, 5.41) is 6.04. The van der Waals surface area contributed by atoms with E-state index in [0.717, 1.165) is 12.0 Å². The summed E-state index contributed by atoms with van der Waals surface area (Å²) >= 11 is 0. The van der Waals surface area contributed by atoms with Crippen LogP contribution in [-0.2, 0) is 4.74 Å². The predicted molar refractivity (Wildman–Crippen MR) is 89.3 cm³/mol. The van der Waals surface area contributed by atoms with Crippen molar-refractivity contribution in [2.45, 2.75) is 19.4 Å². The molecule has 0 fully saturated rings. The van der Waals surface area contributed by atoms with Crippen LogP contribution < -0.4 is 10.6 Å². The first-order valence-electron chi connectivity index (χ1n) is 7.61. The van der Waals surface area contributed by atoms with Crippen LogP contribution in [0.3, 0.4) is 0 Å². The standard InChI is InChI=1S/C17H22N4O2/c1-13(14-7-4-3-5-8-14)21-16-12-19-15(11-20-16)17(22)18-9-6-10-23-2/h3-5,7-8,11-13H,6,9-10H2,1-2H3,(H,18,22)(H,20,21). The fraction of sp³-hybridized carbons (Fsp3) is 0.353. The average molecular weight is 314 g/mol. The molecule has 0 aliphatic rings. The molecule has 0 saturated heterocycles. The number of anilines is 1. The first-order chi connectivity index (χ1) is 11.2. The van der Waals surface area contributed by atoms with E-state index in [9.17, 15) is 4.79 Å². The minimum absolute atomic E-state index is 0.110. The smallest absolute Gasteiger partial charge is 0.271 e. The largest absolute Gasteiger partial charge is 0.385 e. The third-order valence-corrected chi connectivity index (χ3v) is 3.36. The minimum atomic E-state index is -0.226. The lowest BCUT2D eigenvalue weighted by molar-refractivity contribution is 0.0943. The summed E-state index contributed by atoms with van der Waals surface area (Å²) in [4.78, 5) is 20.3. The molecule has 1 unspecified atom stereocenters. The average Bonchev–Trinajstić information content (AvgIpc) is 2.60. The molecule has 2 rings (SSSR count). The Morgan fingerprint density at radius 3 is 2.65 bits per heavy atom. The molecule has 0 bridgehead atoms. The van der Waals surface area contributed by atoms with E-state index >= 15 is 0 Å². The Morgan fingerprint density at radius 1 is 1.22 bits per heavy atom. The minimum Gasteiger partial charge on any atom is -0.385 e. The quantitative estimate of drug-likeness (QED) is 0.732. The van der Waals surface area contributed by atoms with Crippen molar-refractivity contribution in [2.75, 3.05) is 25.6 Å². The van der Waals surface area contributed by atoms with E-state index in [1.54, 1.807) is 13.3 Å². The number of nitrogens with zero attached hydrogens (tertiary/aromatic N) is 2. The molecule has 2 aromatic rings. The van der Waals surface area contributed by atoms with Crippen molar-refractivity contribution in [3.05, 3.63) is 54.0 Å². The topological polar surface area (TPSA) is 76.1 Å². The number of methoxy groups -OCH3 is 1. The highest BCUT2D eigenvalue weighted by Gasteiger charge is 2.09. The van der Waals surface area contributed by atoms with Crippen molar-refractivity contribution >= 4 is 11.7 Å². The van der Waals surface area contributed by atoms with Gasteiger partial charge in [0, 0.05) is 26.3 Å². The van der Waals surface area contributed by atoms with Crippen LogP contribution in [0.4, 0.5) is 5.82 Å². The Kier molecular flexibility index (Phi) is 6.50. The van der Waals surface area contributed by atoms with Gasteiger partial charge in [-0.05, 0) is 18.9 Å². The monoisotopic (exact) mass is 314 g/mol. The molecule has 0 aliphatic carbocycles. The molecule has 122 valence electrons. The molecule has 6 nitrogen and oxygen atoms in total. The van der Waals surface area contributed by atoms with Gasteiger partial charge in [0.25, 0.3) is 5.91 Å². The Balaban J connectivity index is 1.88. The zero-order valence-corrected chi connectivity index (χ0v) is 13.5. The van der Waals surface area contributed by atoms with Crippen LogP contribution in [0.2, 0.25) is 0 Å². The second-order valence-corrected chi connectivity index (χ2v) is 5.17. The molecule has 23 heavy (non-hydrogen) atoms. The summed E-state index contributed by atoms with van der Waals surface area (Å²) in [6.45, 7) is 3.22. The summed E-state index contributed by atoms with van der Waals surface area (Å²) in [7, 11) is 1.63. The lowest BCUT2D eigenvalue weighted by Crippen LogP contribution is -2.26. The molecule has 1 aromatic heterocycles. The van der Waals surface area contributed by atoms with Crippen molar-refractivity contribution in [1.82, 2.24) is 15.3 Å². The molecule has 0 saturated carbocycles. The maximum absolute atomic E-state index is 11.9. The fourth-order valence-electron chi connectivity index (χ4n) is 2.08. The van der Waals surface area contributed by atoms with Gasteiger partial charge in [-0.1, -0.05) is 30.3 Å². The first-order valence-corrected chi connectivity index (χ1v) is 7.61. The van der Waals surface area contributed by atoms with Gasteiger partial charge in [-0.25, -0.2) is 9.97 Å². The van der Waals surface area contributed by atoms with Gasteiger partial charge in [-0.3, -0.25) is 4.79 Å². The van der Waals surface area contributed by atoms with E-state index in [0.29, 0.717) is 24.7 Å². The number of hydrogen-bond donors (Lipinski definition) is 2. The van der Waals surface area contributed by atoms with Crippen LogP contribution in [0.15, 0.2) is 42.7 Å². The van der Waals surface area contributed by atoms with Crippen LogP contribution in [0.25, 0.3) is 0 Å². The molecule has 1 aromatic carbocycles. The number of rotatable bonds is 8. The molecule has 6 heteroatoms. The molecule has 1 amide bonds. The molecular formula is C17H22N4O2. The van der Waals surface area contributed by atoms with Crippen LogP contribution in [-0.4, -0.2) is 36.1 Å². The summed E-state index contributed by atoms with van der Waals surface area (Å²) < 4.78 is 4.93. The number of nitrogens with one attached hydrogen (secondary N) is 2. The van der Waals surface area contributed by atoms with Crippen molar-refractivity contribution in [1.29, 1.82) is 0 Å². The van der Waals surface area contributed by atoms with Crippen LogP contribution in [0.5, 0.6) is 0 Å². The number of carbonyl (C=O) groups excluding carboxylic acids is 1. The molecule has 0 aliphatic heterocycles. The second-order valence-electron chi connectivity index (χ2n) is 5.17. The van der Waals surface area contributed by atoms with Gasteiger partial charge in [0.1, 0.15) is 11.5 Å². The van der Waals surface area contributed by atoms with E-state index < -0.39 is 0 Å². The third-order valence-electron chi connectivity index (χ3n) is 3.36. The van der Waals surface area contributed by atoms with Crippen LogP contribution in [0.1, 0.15) is 35.4 Å². The normalized spacial score (nSPS) is 11.7. The molecule has 1 heterocycles. The van der Waals surface area contributed by atoms with Crippen molar-refractivity contribution in [3.63, 3.8) is 0 Å². The third kappa shape index (κ3) is 5.34. The maximum Gasteiger partial charge on any atom is 0.271 e. The highest BCUT2D eigenvalue weighted by molar-refractivity contribution is 5.91. The van der Waals surface area contributed by atoms with Crippen molar-refractivity contribution < 1.29 is 9.53 Å². The SMILES string of the molecule is COCCCNC(=O)c1cnc(NC(C)c2ccccc2)cn1. The molecule has 0 radical (unpaired) electrons. The van der Waals surface area contributed by atoms with Crippen molar-refractivity contribution in [2.24, 2.45) is 0 Å². The number of benzene rings is 1. The number of hydrogen-bond acceptors (Lipinski definition) is 5. The van der Waals surface area contributed by atoms with Gasteiger partial charge in [0.2, 0.25) is 0 Å². The lowest BCUT2D eigenvalue weighted by Gasteiger charge is -2.14. The van der Waals surface area contributed by atoms with Gasteiger partial charge in [0.05, 0.1) is 12.4 Å². The van der Waals surface area contributed by atoms with E-state index in [2.05, 4.69) is 20.6 Å².